The standard InChI is InChI=1S/C13H14I4O2/c1-3-7-4-6(2)18-13(19-7)10-8(14)5-9(15)11(16)12(10)17/h5-7,13H,3-4H2,1-2H3. The van der Waals surface area contributed by atoms with Gasteiger partial charge in [0, 0.05) is 19.8 Å². The molecule has 3 unspecified atom stereocenters. The number of ether oxygens (including phenoxy) is 2. The van der Waals surface area contributed by atoms with Crippen LogP contribution >= 0.6 is 90.4 Å². The van der Waals surface area contributed by atoms with E-state index >= 15 is 0 Å². The summed E-state index contributed by atoms with van der Waals surface area (Å²) >= 11 is 9.57. The Kier molecular flexibility index (Phi) is 6.92. The highest BCUT2D eigenvalue weighted by Crippen LogP contribution is 2.38. The number of benzene rings is 1. The van der Waals surface area contributed by atoms with Crippen LogP contribution in [0.4, 0.5) is 0 Å². The van der Waals surface area contributed by atoms with Crippen LogP contribution in [0.3, 0.4) is 0 Å². The fourth-order valence-corrected chi connectivity index (χ4v) is 6.42. The number of hydrogen-bond donors (Lipinski definition) is 0. The number of hydrogen-bond acceptors (Lipinski definition) is 2. The van der Waals surface area contributed by atoms with E-state index in [1.54, 1.807) is 0 Å². The second-order valence-corrected chi connectivity index (χ2v) is 9.04. The van der Waals surface area contributed by atoms with Crippen molar-refractivity contribution in [3.63, 3.8) is 0 Å². The first-order valence-corrected chi connectivity index (χ1v) is 10.4. The van der Waals surface area contributed by atoms with E-state index in [1.807, 2.05) is 0 Å². The number of rotatable bonds is 2. The first-order valence-electron chi connectivity index (χ1n) is 6.07. The van der Waals surface area contributed by atoms with Crippen molar-refractivity contribution in [2.45, 2.75) is 45.2 Å². The van der Waals surface area contributed by atoms with E-state index in [-0.39, 0.29) is 12.4 Å². The smallest absolute Gasteiger partial charge is 0.186 e. The molecule has 1 heterocycles. The van der Waals surface area contributed by atoms with Crippen molar-refractivity contribution in [1.82, 2.24) is 0 Å². The van der Waals surface area contributed by atoms with Gasteiger partial charge in [-0.05, 0) is 116 Å². The Morgan fingerprint density at radius 1 is 1.11 bits per heavy atom. The molecule has 6 heteroatoms. The molecule has 3 atom stereocenters. The van der Waals surface area contributed by atoms with Crippen molar-refractivity contribution in [3.05, 3.63) is 25.9 Å². The lowest BCUT2D eigenvalue weighted by Gasteiger charge is -2.35. The zero-order chi connectivity index (χ0) is 14.2. The normalized spacial score (nSPS) is 27.6. The maximum absolute atomic E-state index is 6.11. The van der Waals surface area contributed by atoms with Gasteiger partial charge in [-0.15, -0.1) is 0 Å². The third-order valence-electron chi connectivity index (χ3n) is 3.11. The molecule has 1 saturated heterocycles. The molecule has 0 aliphatic carbocycles. The Bertz CT molecular complexity index is 478. The molecule has 19 heavy (non-hydrogen) atoms. The Labute approximate surface area is 168 Å². The predicted octanol–water partition coefficient (Wildman–Crippen LogP) is 5.71. The van der Waals surface area contributed by atoms with Gasteiger partial charge in [-0.2, -0.15) is 0 Å². The SMILES string of the molecule is CCC1CC(C)OC(c2c(I)cc(I)c(I)c2I)O1. The molecule has 0 N–H and O–H groups in total. The molecule has 1 aromatic rings. The molecule has 0 radical (unpaired) electrons. The minimum Gasteiger partial charge on any atom is -0.345 e. The molecular formula is C13H14I4O2. The summed E-state index contributed by atoms with van der Waals surface area (Å²) in [6, 6.07) is 2.20. The van der Waals surface area contributed by atoms with Gasteiger partial charge in [-0.1, -0.05) is 6.92 Å². The number of halogens is 4. The Balaban J connectivity index is 2.38. The lowest BCUT2D eigenvalue weighted by atomic mass is 10.1. The largest absolute Gasteiger partial charge is 0.345 e. The lowest BCUT2D eigenvalue weighted by Crippen LogP contribution is -2.32. The average molecular weight is 710 g/mol. The Morgan fingerprint density at radius 2 is 1.79 bits per heavy atom. The van der Waals surface area contributed by atoms with Gasteiger partial charge < -0.3 is 9.47 Å². The minimum absolute atomic E-state index is 0.224. The highest BCUT2D eigenvalue weighted by molar-refractivity contribution is 14.1. The summed E-state index contributed by atoms with van der Waals surface area (Å²) in [6.45, 7) is 4.31. The molecule has 0 bridgehead atoms. The third-order valence-corrected chi connectivity index (χ3v) is 9.16. The Morgan fingerprint density at radius 3 is 2.42 bits per heavy atom. The summed E-state index contributed by atoms with van der Waals surface area (Å²) in [6.07, 6.45) is 2.36. The second kappa shape index (κ2) is 7.55. The summed E-state index contributed by atoms with van der Waals surface area (Å²) in [7, 11) is 0. The summed E-state index contributed by atoms with van der Waals surface area (Å²) in [4.78, 5) is 0. The second-order valence-electron chi connectivity index (χ2n) is 4.56. The van der Waals surface area contributed by atoms with Gasteiger partial charge in [0.25, 0.3) is 0 Å². The van der Waals surface area contributed by atoms with E-state index in [4.69, 9.17) is 9.47 Å². The third kappa shape index (κ3) is 4.08. The first kappa shape index (κ1) is 17.4. The van der Waals surface area contributed by atoms with Crippen molar-refractivity contribution in [2.24, 2.45) is 0 Å². The summed E-state index contributed by atoms with van der Waals surface area (Å²) in [5.74, 6) is 0. The van der Waals surface area contributed by atoms with Gasteiger partial charge in [0.1, 0.15) is 0 Å². The van der Waals surface area contributed by atoms with Gasteiger partial charge in [-0.25, -0.2) is 0 Å². The van der Waals surface area contributed by atoms with Crippen LogP contribution in [0.25, 0.3) is 0 Å². The maximum Gasteiger partial charge on any atom is 0.186 e. The molecule has 1 aliphatic heterocycles. The fraction of sp³-hybridized carbons (Fsp3) is 0.538. The molecule has 106 valence electrons. The van der Waals surface area contributed by atoms with E-state index in [1.165, 1.54) is 19.8 Å². The molecule has 1 aromatic carbocycles. The van der Waals surface area contributed by atoms with Gasteiger partial charge in [0.2, 0.25) is 0 Å². The van der Waals surface area contributed by atoms with Gasteiger partial charge >= 0.3 is 0 Å². The van der Waals surface area contributed by atoms with Gasteiger partial charge in [-0.3, -0.25) is 0 Å². The van der Waals surface area contributed by atoms with E-state index in [0.29, 0.717) is 6.10 Å². The fourth-order valence-electron chi connectivity index (χ4n) is 2.09. The van der Waals surface area contributed by atoms with Gasteiger partial charge in [0.05, 0.1) is 12.2 Å². The molecule has 2 rings (SSSR count). The van der Waals surface area contributed by atoms with E-state index in [0.717, 1.165) is 12.8 Å². The molecular weight excluding hydrogens is 696 g/mol. The van der Waals surface area contributed by atoms with Crippen LogP contribution < -0.4 is 0 Å². The van der Waals surface area contributed by atoms with Crippen LogP contribution in [0, 0.1) is 14.3 Å². The maximum atomic E-state index is 6.11. The molecule has 1 fully saturated rings. The van der Waals surface area contributed by atoms with Gasteiger partial charge in [0.15, 0.2) is 6.29 Å². The zero-order valence-corrected chi connectivity index (χ0v) is 19.2. The highest BCUT2D eigenvalue weighted by atomic mass is 127. The first-order chi connectivity index (χ1) is 8.93. The highest BCUT2D eigenvalue weighted by Gasteiger charge is 2.31. The van der Waals surface area contributed by atoms with Crippen molar-refractivity contribution >= 4 is 90.4 Å². The van der Waals surface area contributed by atoms with E-state index < -0.39 is 0 Å². The van der Waals surface area contributed by atoms with Crippen molar-refractivity contribution < 1.29 is 9.47 Å². The van der Waals surface area contributed by atoms with Crippen LogP contribution in [0.1, 0.15) is 38.5 Å². The quantitative estimate of drug-likeness (QED) is 0.223. The molecule has 1 aliphatic rings. The van der Waals surface area contributed by atoms with E-state index in [9.17, 15) is 0 Å². The van der Waals surface area contributed by atoms with Crippen molar-refractivity contribution in [1.29, 1.82) is 0 Å². The van der Waals surface area contributed by atoms with Crippen molar-refractivity contribution in [2.75, 3.05) is 0 Å². The zero-order valence-electron chi connectivity index (χ0n) is 10.6. The van der Waals surface area contributed by atoms with E-state index in [2.05, 4.69) is 110 Å². The summed E-state index contributed by atoms with van der Waals surface area (Å²) in [5.41, 5.74) is 1.19. The lowest BCUT2D eigenvalue weighted by molar-refractivity contribution is -0.244. The monoisotopic (exact) mass is 710 g/mol. The van der Waals surface area contributed by atoms with Crippen LogP contribution in [0.2, 0.25) is 0 Å². The Hall–Kier alpha value is 2.06. The molecule has 0 amide bonds. The molecule has 0 saturated carbocycles. The molecule has 0 aromatic heterocycles. The van der Waals surface area contributed by atoms with Crippen molar-refractivity contribution in [3.8, 4) is 0 Å². The molecule has 2 nitrogen and oxygen atoms in total. The summed E-state index contributed by atoms with van der Waals surface area (Å²) < 4.78 is 17.2. The van der Waals surface area contributed by atoms with Crippen LogP contribution in [-0.4, -0.2) is 12.2 Å². The molecule has 0 spiro atoms. The van der Waals surface area contributed by atoms with Crippen LogP contribution in [0.5, 0.6) is 0 Å². The van der Waals surface area contributed by atoms with Crippen LogP contribution in [-0.2, 0) is 9.47 Å². The average Bonchev–Trinajstić information content (AvgIpc) is 2.35. The topological polar surface area (TPSA) is 18.5 Å². The predicted molar refractivity (Wildman–Crippen MR) is 110 cm³/mol. The summed E-state index contributed by atoms with van der Waals surface area (Å²) in [5, 5.41) is 0. The van der Waals surface area contributed by atoms with Crippen LogP contribution in [0.15, 0.2) is 6.07 Å². The minimum atomic E-state index is -0.224.